The number of rotatable bonds is 5. The van der Waals surface area contributed by atoms with Crippen molar-refractivity contribution in [2.45, 2.75) is 34.6 Å². The number of aromatic nitrogens is 1. The van der Waals surface area contributed by atoms with Crippen LogP contribution >= 0.6 is 0 Å². The number of carbonyl (C=O) groups is 2. The molecular formula is C28H28N2O3. The number of aryl methyl sites for hydroxylation is 2. The van der Waals surface area contributed by atoms with Gasteiger partial charge in [0.15, 0.2) is 0 Å². The van der Waals surface area contributed by atoms with E-state index in [1.54, 1.807) is 18.7 Å². The van der Waals surface area contributed by atoms with E-state index in [0.717, 1.165) is 28.3 Å². The summed E-state index contributed by atoms with van der Waals surface area (Å²) in [5.41, 5.74) is 7.13. The van der Waals surface area contributed by atoms with E-state index in [1.807, 2.05) is 56.3 Å². The van der Waals surface area contributed by atoms with E-state index in [2.05, 4.69) is 35.8 Å². The van der Waals surface area contributed by atoms with Crippen LogP contribution in [0.15, 0.2) is 77.5 Å². The third-order valence-electron chi connectivity index (χ3n) is 5.96. The van der Waals surface area contributed by atoms with Crippen LogP contribution < -0.4 is 4.90 Å². The number of nitrogens with zero attached hydrogens (tertiary/aromatic N) is 2. The molecule has 0 saturated heterocycles. The summed E-state index contributed by atoms with van der Waals surface area (Å²) in [5, 5.41) is 0. The number of carbonyl (C=O) groups excluding carboxylic acids is 2. The molecule has 0 saturated carbocycles. The molecule has 2 heterocycles. The molecule has 1 amide bonds. The number of anilines is 1. The van der Waals surface area contributed by atoms with E-state index in [9.17, 15) is 9.59 Å². The van der Waals surface area contributed by atoms with Crippen molar-refractivity contribution in [2.24, 2.45) is 0 Å². The zero-order chi connectivity index (χ0) is 23.7. The molecule has 168 valence electrons. The number of esters is 1. The number of hydrogen-bond donors (Lipinski definition) is 0. The molecule has 4 rings (SSSR count). The highest BCUT2D eigenvalue weighted by atomic mass is 16.5. The maximum atomic E-state index is 13.6. The summed E-state index contributed by atoms with van der Waals surface area (Å²) in [6.07, 6.45) is 1.81. The van der Waals surface area contributed by atoms with Gasteiger partial charge in [0.2, 0.25) is 0 Å². The lowest BCUT2D eigenvalue weighted by Gasteiger charge is -2.17. The fraction of sp³-hybridized carbons (Fsp3) is 0.214. The first-order valence-corrected chi connectivity index (χ1v) is 11.1. The minimum absolute atomic E-state index is 0.234. The molecule has 5 heteroatoms. The zero-order valence-electron chi connectivity index (χ0n) is 19.7. The van der Waals surface area contributed by atoms with Crippen molar-refractivity contribution in [1.29, 1.82) is 0 Å². The minimum Gasteiger partial charge on any atom is -0.462 e. The molecule has 5 nitrogen and oxygen atoms in total. The van der Waals surface area contributed by atoms with Gasteiger partial charge in [0.05, 0.1) is 17.8 Å². The van der Waals surface area contributed by atoms with Crippen LogP contribution in [-0.2, 0) is 14.3 Å². The Balaban J connectivity index is 1.84. The second kappa shape index (κ2) is 8.94. The van der Waals surface area contributed by atoms with Gasteiger partial charge in [-0.1, -0.05) is 35.9 Å². The molecule has 0 radical (unpaired) electrons. The van der Waals surface area contributed by atoms with Crippen LogP contribution in [0.3, 0.4) is 0 Å². The number of hydrogen-bond acceptors (Lipinski definition) is 3. The SMILES string of the molecule is CCOC(=O)C1=C(C)N(c2ccccc2)C(=O)/C1=C\c1cc(C)n(-c2ccc(C)cc2)c1C. The van der Waals surface area contributed by atoms with Crippen molar-refractivity contribution >= 4 is 23.6 Å². The van der Waals surface area contributed by atoms with E-state index >= 15 is 0 Å². The number of allylic oxidation sites excluding steroid dienone is 1. The maximum absolute atomic E-state index is 13.6. The number of amides is 1. The second-order valence-corrected chi connectivity index (χ2v) is 8.21. The third kappa shape index (κ3) is 4.02. The van der Waals surface area contributed by atoms with Crippen molar-refractivity contribution < 1.29 is 14.3 Å². The summed E-state index contributed by atoms with van der Waals surface area (Å²) in [5.74, 6) is -0.720. The van der Waals surface area contributed by atoms with Crippen LogP contribution in [0.25, 0.3) is 11.8 Å². The van der Waals surface area contributed by atoms with Gasteiger partial charge >= 0.3 is 5.97 Å². The van der Waals surface area contributed by atoms with Gasteiger partial charge in [-0.25, -0.2) is 4.79 Å². The van der Waals surface area contributed by atoms with E-state index in [0.29, 0.717) is 16.8 Å². The van der Waals surface area contributed by atoms with E-state index in [4.69, 9.17) is 4.74 Å². The summed E-state index contributed by atoms with van der Waals surface area (Å²) < 4.78 is 7.47. The van der Waals surface area contributed by atoms with Crippen molar-refractivity contribution in [2.75, 3.05) is 11.5 Å². The molecule has 33 heavy (non-hydrogen) atoms. The lowest BCUT2D eigenvalue weighted by atomic mass is 10.0. The standard InChI is InChI=1S/C28H28N2O3/c1-6-33-28(32)26-21(5)30(23-10-8-7-9-11-23)27(31)25(26)17-22-16-19(3)29(20(22)4)24-14-12-18(2)13-15-24/h7-17H,6H2,1-5H3/b25-17-. The molecule has 1 aromatic heterocycles. The summed E-state index contributed by atoms with van der Waals surface area (Å²) in [6, 6.07) is 19.7. The Morgan fingerprint density at radius 1 is 0.939 bits per heavy atom. The zero-order valence-corrected chi connectivity index (χ0v) is 19.7. The number of para-hydroxylation sites is 1. The monoisotopic (exact) mass is 440 g/mol. The Morgan fingerprint density at radius 3 is 2.24 bits per heavy atom. The van der Waals surface area contributed by atoms with Gasteiger partial charge < -0.3 is 9.30 Å². The molecule has 0 atom stereocenters. The molecule has 0 fully saturated rings. The first-order valence-electron chi connectivity index (χ1n) is 11.1. The Kier molecular flexibility index (Phi) is 6.05. The molecule has 0 aliphatic carbocycles. The lowest BCUT2D eigenvalue weighted by Crippen LogP contribution is -2.24. The molecule has 1 aliphatic rings. The van der Waals surface area contributed by atoms with Gasteiger partial charge in [-0.2, -0.15) is 0 Å². The first-order chi connectivity index (χ1) is 15.8. The smallest absolute Gasteiger partial charge is 0.340 e. The largest absolute Gasteiger partial charge is 0.462 e. The van der Waals surface area contributed by atoms with Gasteiger partial charge in [-0.15, -0.1) is 0 Å². The van der Waals surface area contributed by atoms with Crippen molar-refractivity contribution in [1.82, 2.24) is 4.57 Å². The van der Waals surface area contributed by atoms with Gasteiger partial charge in [-0.3, -0.25) is 9.69 Å². The van der Waals surface area contributed by atoms with Crippen LogP contribution in [0.5, 0.6) is 0 Å². The average Bonchev–Trinajstić information content (AvgIpc) is 3.21. The lowest BCUT2D eigenvalue weighted by molar-refractivity contribution is -0.138. The van der Waals surface area contributed by atoms with Crippen LogP contribution in [0.2, 0.25) is 0 Å². The molecule has 0 N–H and O–H groups in total. The predicted octanol–water partition coefficient (Wildman–Crippen LogP) is 5.67. The van der Waals surface area contributed by atoms with Crippen molar-refractivity contribution in [3.8, 4) is 5.69 Å². The van der Waals surface area contributed by atoms with E-state index < -0.39 is 5.97 Å². The van der Waals surface area contributed by atoms with Crippen LogP contribution in [0, 0.1) is 20.8 Å². The minimum atomic E-state index is -0.486. The Hall–Kier alpha value is -3.86. The summed E-state index contributed by atoms with van der Waals surface area (Å²) >= 11 is 0. The quantitative estimate of drug-likeness (QED) is 0.379. The highest BCUT2D eigenvalue weighted by Gasteiger charge is 2.38. The Labute approximate surface area is 194 Å². The van der Waals surface area contributed by atoms with Gasteiger partial charge in [0.1, 0.15) is 0 Å². The highest BCUT2D eigenvalue weighted by Crippen LogP contribution is 2.36. The number of benzene rings is 2. The van der Waals surface area contributed by atoms with Gasteiger partial charge in [-0.05, 0) is 76.6 Å². The fourth-order valence-electron chi connectivity index (χ4n) is 4.35. The van der Waals surface area contributed by atoms with Crippen LogP contribution in [0.4, 0.5) is 5.69 Å². The van der Waals surface area contributed by atoms with E-state index in [-0.39, 0.29) is 12.5 Å². The first kappa shape index (κ1) is 22.3. The van der Waals surface area contributed by atoms with E-state index in [1.165, 1.54) is 5.56 Å². The fourth-order valence-corrected chi connectivity index (χ4v) is 4.35. The predicted molar refractivity (Wildman–Crippen MR) is 131 cm³/mol. The average molecular weight is 441 g/mol. The Bertz CT molecular complexity index is 1280. The second-order valence-electron chi connectivity index (χ2n) is 8.21. The number of ether oxygens (including phenoxy) is 1. The third-order valence-corrected chi connectivity index (χ3v) is 5.96. The summed E-state index contributed by atoms with van der Waals surface area (Å²) in [6.45, 7) is 9.91. The van der Waals surface area contributed by atoms with Gasteiger partial charge in [0, 0.05) is 28.5 Å². The van der Waals surface area contributed by atoms with Crippen molar-refractivity contribution in [3.05, 3.63) is 100 Å². The summed E-state index contributed by atoms with van der Waals surface area (Å²) in [4.78, 5) is 28.0. The molecule has 3 aromatic rings. The molecule has 0 spiro atoms. The normalized spacial score (nSPS) is 15.0. The topological polar surface area (TPSA) is 51.5 Å². The molecular weight excluding hydrogens is 412 g/mol. The molecule has 1 aliphatic heterocycles. The molecule has 0 unspecified atom stereocenters. The molecule has 0 bridgehead atoms. The Morgan fingerprint density at radius 2 is 1.61 bits per heavy atom. The highest BCUT2D eigenvalue weighted by molar-refractivity contribution is 6.23. The molecule has 2 aromatic carbocycles. The van der Waals surface area contributed by atoms with Crippen molar-refractivity contribution in [3.63, 3.8) is 0 Å². The van der Waals surface area contributed by atoms with Gasteiger partial charge in [0.25, 0.3) is 5.91 Å². The maximum Gasteiger partial charge on any atom is 0.340 e. The van der Waals surface area contributed by atoms with Crippen LogP contribution in [-0.4, -0.2) is 23.1 Å². The summed E-state index contributed by atoms with van der Waals surface area (Å²) in [7, 11) is 0. The van der Waals surface area contributed by atoms with Crippen LogP contribution in [0.1, 0.15) is 36.4 Å².